The monoisotopic (exact) mass is 418 g/mol. The average molecular weight is 419 g/mol. The maximum Gasteiger partial charge on any atom is 0.221 e. The van der Waals surface area contributed by atoms with Gasteiger partial charge in [-0.25, -0.2) is 9.97 Å². The van der Waals surface area contributed by atoms with Crippen LogP contribution in [0.25, 0.3) is 33.3 Å². The SMILES string of the molecule is CC.CCOc1nccc(C)c1-c1cc(-c2c(C)noc2C)cc2[nH]c(C3CC3)nc12. The van der Waals surface area contributed by atoms with Crippen molar-refractivity contribution in [1.82, 2.24) is 20.1 Å². The zero-order valence-corrected chi connectivity index (χ0v) is 19.2. The largest absolute Gasteiger partial charge is 0.478 e. The van der Waals surface area contributed by atoms with Crippen LogP contribution in [0.4, 0.5) is 0 Å². The first kappa shape index (κ1) is 21.1. The van der Waals surface area contributed by atoms with E-state index in [1.807, 2.05) is 40.7 Å². The first-order valence-corrected chi connectivity index (χ1v) is 11.1. The third-order valence-electron chi connectivity index (χ3n) is 5.57. The molecule has 1 aliphatic carbocycles. The van der Waals surface area contributed by atoms with Gasteiger partial charge in [0.15, 0.2) is 0 Å². The summed E-state index contributed by atoms with van der Waals surface area (Å²) in [5.74, 6) is 3.05. The maximum absolute atomic E-state index is 5.89. The van der Waals surface area contributed by atoms with Gasteiger partial charge in [-0.3, -0.25) is 0 Å². The van der Waals surface area contributed by atoms with Crippen molar-refractivity contribution in [2.24, 2.45) is 0 Å². The lowest BCUT2D eigenvalue weighted by molar-refractivity contribution is 0.328. The van der Waals surface area contributed by atoms with Crippen molar-refractivity contribution < 1.29 is 9.26 Å². The summed E-state index contributed by atoms with van der Waals surface area (Å²) in [6.07, 6.45) is 4.18. The first-order valence-electron chi connectivity index (χ1n) is 11.1. The van der Waals surface area contributed by atoms with Crippen molar-refractivity contribution in [2.75, 3.05) is 6.61 Å². The number of pyridine rings is 1. The van der Waals surface area contributed by atoms with Crippen LogP contribution in [0.5, 0.6) is 5.88 Å². The highest BCUT2D eigenvalue weighted by atomic mass is 16.5. The van der Waals surface area contributed by atoms with Gasteiger partial charge in [0.05, 0.1) is 23.3 Å². The van der Waals surface area contributed by atoms with Crippen LogP contribution in [-0.2, 0) is 0 Å². The van der Waals surface area contributed by atoms with Crippen LogP contribution in [0.15, 0.2) is 28.9 Å². The molecule has 6 nitrogen and oxygen atoms in total. The summed E-state index contributed by atoms with van der Waals surface area (Å²) >= 11 is 0. The number of nitrogens with one attached hydrogen (secondary N) is 1. The number of aromatic amines is 1. The Hall–Kier alpha value is -3.15. The van der Waals surface area contributed by atoms with E-state index in [0.717, 1.165) is 56.1 Å². The average Bonchev–Trinajstić information content (AvgIpc) is 3.44. The van der Waals surface area contributed by atoms with Crippen molar-refractivity contribution in [3.05, 3.63) is 47.2 Å². The molecular formula is C25H30N4O2. The number of fused-ring (bicyclic) bond motifs is 1. The number of aromatic nitrogens is 4. The molecule has 31 heavy (non-hydrogen) atoms. The lowest BCUT2D eigenvalue weighted by Crippen LogP contribution is -1.99. The number of benzene rings is 1. The molecule has 1 saturated carbocycles. The number of nitrogens with zero attached hydrogens (tertiary/aromatic N) is 3. The minimum absolute atomic E-state index is 0.541. The molecule has 5 rings (SSSR count). The normalized spacial score (nSPS) is 13.2. The number of ether oxygens (including phenoxy) is 1. The number of hydrogen-bond donors (Lipinski definition) is 1. The van der Waals surface area contributed by atoms with Crippen LogP contribution >= 0.6 is 0 Å². The molecule has 1 N–H and O–H groups in total. The Morgan fingerprint density at radius 2 is 1.90 bits per heavy atom. The summed E-state index contributed by atoms with van der Waals surface area (Å²) in [5, 5.41) is 4.15. The van der Waals surface area contributed by atoms with Gasteiger partial charge in [0.25, 0.3) is 0 Å². The predicted octanol–water partition coefficient (Wildman–Crippen LogP) is 6.51. The third kappa shape index (κ3) is 3.82. The highest BCUT2D eigenvalue weighted by Crippen LogP contribution is 2.43. The minimum atomic E-state index is 0.541. The van der Waals surface area contributed by atoms with Crippen LogP contribution in [0.1, 0.15) is 62.4 Å². The van der Waals surface area contributed by atoms with Gasteiger partial charge in [0.1, 0.15) is 11.6 Å². The molecular weight excluding hydrogens is 388 g/mol. The van der Waals surface area contributed by atoms with E-state index in [1.165, 1.54) is 12.8 Å². The van der Waals surface area contributed by atoms with E-state index < -0.39 is 0 Å². The number of imidazole rings is 1. The second-order valence-corrected chi connectivity index (χ2v) is 7.76. The van der Waals surface area contributed by atoms with Crippen LogP contribution < -0.4 is 4.74 Å². The Kier molecular flexibility index (Phi) is 5.81. The molecule has 0 radical (unpaired) electrons. The Labute approximate surface area is 183 Å². The van der Waals surface area contributed by atoms with E-state index >= 15 is 0 Å². The van der Waals surface area contributed by atoms with Crippen molar-refractivity contribution in [2.45, 2.75) is 60.3 Å². The fourth-order valence-electron chi connectivity index (χ4n) is 4.02. The van der Waals surface area contributed by atoms with Gasteiger partial charge in [-0.05, 0) is 69.9 Å². The van der Waals surface area contributed by atoms with Gasteiger partial charge in [0, 0.05) is 28.8 Å². The summed E-state index contributed by atoms with van der Waals surface area (Å²) < 4.78 is 11.3. The van der Waals surface area contributed by atoms with Gasteiger partial charge in [-0.15, -0.1) is 0 Å². The van der Waals surface area contributed by atoms with Crippen LogP contribution in [-0.4, -0.2) is 26.7 Å². The second-order valence-electron chi connectivity index (χ2n) is 7.76. The topological polar surface area (TPSA) is 76.8 Å². The Morgan fingerprint density at radius 3 is 2.55 bits per heavy atom. The summed E-state index contributed by atoms with van der Waals surface area (Å²) in [4.78, 5) is 13.0. The molecule has 6 heteroatoms. The number of hydrogen-bond acceptors (Lipinski definition) is 5. The van der Waals surface area contributed by atoms with Crippen LogP contribution in [0.2, 0.25) is 0 Å². The van der Waals surface area contributed by atoms with Crippen molar-refractivity contribution >= 4 is 11.0 Å². The van der Waals surface area contributed by atoms with E-state index in [2.05, 4.69) is 34.2 Å². The van der Waals surface area contributed by atoms with Gasteiger partial charge < -0.3 is 14.2 Å². The first-order chi connectivity index (χ1) is 15.1. The molecule has 162 valence electrons. The predicted molar refractivity (Wildman–Crippen MR) is 124 cm³/mol. The molecule has 0 amide bonds. The van der Waals surface area contributed by atoms with Crippen molar-refractivity contribution in [3.8, 4) is 28.1 Å². The highest BCUT2D eigenvalue weighted by molar-refractivity contribution is 5.98. The quantitative estimate of drug-likeness (QED) is 0.400. The molecule has 0 aliphatic heterocycles. The third-order valence-corrected chi connectivity index (χ3v) is 5.57. The Bertz CT molecular complexity index is 1200. The summed E-state index contributed by atoms with van der Waals surface area (Å²) in [6, 6.07) is 6.33. The molecule has 0 atom stereocenters. The Balaban J connectivity index is 0.00000112. The molecule has 0 bridgehead atoms. The highest BCUT2D eigenvalue weighted by Gasteiger charge is 2.28. The maximum atomic E-state index is 5.89. The van der Waals surface area contributed by atoms with E-state index in [1.54, 1.807) is 6.20 Å². The number of aryl methyl sites for hydroxylation is 3. The van der Waals surface area contributed by atoms with Crippen molar-refractivity contribution in [1.29, 1.82) is 0 Å². The zero-order chi connectivity index (χ0) is 22.1. The number of rotatable bonds is 5. The molecule has 0 unspecified atom stereocenters. The van der Waals surface area contributed by atoms with Gasteiger partial charge in [0.2, 0.25) is 5.88 Å². The number of H-pyrrole nitrogens is 1. The van der Waals surface area contributed by atoms with Gasteiger partial charge in [-0.2, -0.15) is 0 Å². The molecule has 1 aliphatic rings. The molecule has 3 heterocycles. The van der Waals surface area contributed by atoms with E-state index in [4.69, 9.17) is 14.2 Å². The summed E-state index contributed by atoms with van der Waals surface area (Å²) in [6.45, 7) is 12.5. The van der Waals surface area contributed by atoms with Gasteiger partial charge >= 0.3 is 0 Å². The molecule has 0 saturated heterocycles. The summed E-state index contributed by atoms with van der Waals surface area (Å²) in [7, 11) is 0. The van der Waals surface area contributed by atoms with E-state index in [-0.39, 0.29) is 0 Å². The van der Waals surface area contributed by atoms with Crippen LogP contribution in [0.3, 0.4) is 0 Å². The fraction of sp³-hybridized carbons (Fsp3) is 0.400. The molecule has 3 aromatic heterocycles. The van der Waals surface area contributed by atoms with Gasteiger partial charge in [-0.1, -0.05) is 19.0 Å². The standard InChI is InChI=1S/C23H24N4O2.C2H6/c1-5-28-23-19(12(2)8-9-24-23)17-10-16(20-13(3)27-29-14(20)4)11-18-21(17)26-22(25-18)15-6-7-15;1-2/h8-11,15H,5-7H2,1-4H3,(H,25,26);1-2H3. The fourth-order valence-corrected chi connectivity index (χ4v) is 4.02. The Morgan fingerprint density at radius 1 is 1.13 bits per heavy atom. The van der Waals surface area contributed by atoms with E-state index in [0.29, 0.717) is 18.4 Å². The van der Waals surface area contributed by atoms with Crippen molar-refractivity contribution in [3.63, 3.8) is 0 Å². The van der Waals surface area contributed by atoms with E-state index in [9.17, 15) is 0 Å². The minimum Gasteiger partial charge on any atom is -0.478 e. The molecule has 4 aromatic rings. The smallest absolute Gasteiger partial charge is 0.221 e. The lowest BCUT2D eigenvalue weighted by Gasteiger charge is -2.14. The molecule has 1 aromatic carbocycles. The molecule has 1 fully saturated rings. The lowest BCUT2D eigenvalue weighted by atomic mass is 9.95. The summed E-state index contributed by atoms with van der Waals surface area (Å²) in [5.41, 5.74) is 8.05. The zero-order valence-electron chi connectivity index (χ0n) is 19.2. The second kappa shape index (κ2) is 8.53. The van der Waals surface area contributed by atoms with Crippen LogP contribution in [0, 0.1) is 20.8 Å². The molecule has 0 spiro atoms.